The summed E-state index contributed by atoms with van der Waals surface area (Å²) in [5, 5.41) is 0. The summed E-state index contributed by atoms with van der Waals surface area (Å²) in [6.45, 7) is 10.0. The van der Waals surface area contributed by atoms with Crippen molar-refractivity contribution in [2.75, 3.05) is 0 Å². The van der Waals surface area contributed by atoms with Crippen molar-refractivity contribution in [2.24, 2.45) is 4.99 Å². The van der Waals surface area contributed by atoms with Crippen molar-refractivity contribution in [3.63, 3.8) is 0 Å². The summed E-state index contributed by atoms with van der Waals surface area (Å²) in [6, 6.07) is 0. The number of aliphatic imine (C=N–C) groups is 1. The molecule has 16 heavy (non-hydrogen) atoms. The molecule has 0 aliphatic carbocycles. The van der Waals surface area contributed by atoms with Gasteiger partial charge >= 0.3 is 0 Å². The number of nitrogens with zero attached hydrogens (tertiary/aromatic N) is 2. The third-order valence-corrected chi connectivity index (χ3v) is 1.87. The third-order valence-electron chi connectivity index (χ3n) is 1.87. The Balaban J connectivity index is 0. The van der Waals surface area contributed by atoms with Gasteiger partial charge in [0.1, 0.15) is 0 Å². The van der Waals surface area contributed by atoms with E-state index in [2.05, 4.69) is 16.9 Å². The Morgan fingerprint density at radius 2 is 1.94 bits per heavy atom. The van der Waals surface area contributed by atoms with Gasteiger partial charge in [-0.2, -0.15) is 6.20 Å². The fourth-order valence-electron chi connectivity index (χ4n) is 1.25. The van der Waals surface area contributed by atoms with Crippen molar-refractivity contribution in [2.45, 2.75) is 41.0 Å². The molecule has 2 nitrogen and oxygen atoms in total. The number of aromatic nitrogens is 1. The molecule has 91 valence electrons. The van der Waals surface area contributed by atoms with E-state index in [4.69, 9.17) is 0 Å². The van der Waals surface area contributed by atoms with Gasteiger partial charge in [-0.15, -0.1) is 5.69 Å². The molecule has 0 fully saturated rings. The van der Waals surface area contributed by atoms with Crippen molar-refractivity contribution in [1.82, 2.24) is 4.98 Å². The molecule has 0 bridgehead atoms. The van der Waals surface area contributed by atoms with Gasteiger partial charge in [-0.3, -0.25) is 4.99 Å². The van der Waals surface area contributed by atoms with Gasteiger partial charge in [0, 0.05) is 32.3 Å². The van der Waals surface area contributed by atoms with Crippen LogP contribution in [-0.2, 0) is 26.8 Å². The average Bonchev–Trinajstić information content (AvgIpc) is 2.65. The van der Waals surface area contributed by atoms with Crippen LogP contribution in [0.25, 0.3) is 6.08 Å². The minimum atomic E-state index is 0. The summed E-state index contributed by atoms with van der Waals surface area (Å²) in [5.74, 6) is 0. The van der Waals surface area contributed by atoms with E-state index in [-0.39, 0.29) is 20.4 Å². The molecule has 1 heterocycles. The molecule has 0 spiro atoms. The predicted octanol–water partition coefficient (Wildman–Crippen LogP) is 3.99. The van der Waals surface area contributed by atoms with E-state index in [1.807, 2.05) is 52.3 Å². The van der Waals surface area contributed by atoms with E-state index in [1.54, 1.807) is 0 Å². The van der Waals surface area contributed by atoms with Crippen molar-refractivity contribution in [1.29, 1.82) is 0 Å². The standard InChI is InChI=1S/C11H15N2.C2H6.Re/c1-4-7-10-11(12-6-3)9(5-2)8-13-10;1-2;/h4,6-8H,5H2,1-3H3;1-2H3;/q-1;;/b7-4-,12-6?;;. The summed E-state index contributed by atoms with van der Waals surface area (Å²) < 4.78 is 0. The smallest absolute Gasteiger partial charge is 0.0492 e. The van der Waals surface area contributed by atoms with Crippen LogP contribution in [0.2, 0.25) is 0 Å². The van der Waals surface area contributed by atoms with E-state index < -0.39 is 0 Å². The quantitative estimate of drug-likeness (QED) is 0.716. The largest absolute Gasteiger partial charge is 0.662 e. The second-order valence-corrected chi connectivity index (χ2v) is 2.76. The van der Waals surface area contributed by atoms with Crippen LogP contribution in [0.4, 0.5) is 5.69 Å². The van der Waals surface area contributed by atoms with Gasteiger partial charge in [0.2, 0.25) is 0 Å². The third kappa shape index (κ3) is 4.92. The minimum Gasteiger partial charge on any atom is -0.662 e. The van der Waals surface area contributed by atoms with Crippen molar-refractivity contribution < 1.29 is 20.4 Å². The average molecular weight is 392 g/mol. The molecular formula is C13H21N2Re-. The molecule has 0 aliphatic heterocycles. The van der Waals surface area contributed by atoms with Crippen LogP contribution in [0, 0.1) is 0 Å². The van der Waals surface area contributed by atoms with Gasteiger partial charge in [0.15, 0.2) is 0 Å². The zero-order valence-corrected chi connectivity index (χ0v) is 13.5. The summed E-state index contributed by atoms with van der Waals surface area (Å²) in [5.41, 5.74) is 3.20. The zero-order valence-electron chi connectivity index (χ0n) is 10.8. The van der Waals surface area contributed by atoms with Gasteiger partial charge in [0.05, 0.1) is 0 Å². The first-order valence-electron chi connectivity index (χ1n) is 5.59. The molecule has 1 rings (SSSR count). The van der Waals surface area contributed by atoms with Gasteiger partial charge < -0.3 is 4.98 Å². The normalized spacial score (nSPS) is 10.1. The molecule has 0 N–H and O–H groups in total. The topological polar surface area (TPSA) is 26.5 Å². The Hall–Kier alpha value is -0.648. The van der Waals surface area contributed by atoms with Gasteiger partial charge in [-0.05, 0) is 25.8 Å². The van der Waals surface area contributed by atoms with E-state index in [9.17, 15) is 0 Å². The van der Waals surface area contributed by atoms with E-state index in [0.717, 1.165) is 17.8 Å². The summed E-state index contributed by atoms with van der Waals surface area (Å²) in [6.07, 6.45) is 8.66. The molecule has 0 amide bonds. The SMILES string of the molecule is CC.CC=Nc1c(CC)c[n-]c1/C=C\C.[Re]. The van der Waals surface area contributed by atoms with Crippen LogP contribution in [0.5, 0.6) is 0 Å². The van der Waals surface area contributed by atoms with Crippen LogP contribution < -0.4 is 4.98 Å². The van der Waals surface area contributed by atoms with Gasteiger partial charge in [0.25, 0.3) is 0 Å². The first kappa shape index (κ1) is 17.7. The molecule has 0 saturated carbocycles. The van der Waals surface area contributed by atoms with Crippen molar-refractivity contribution >= 4 is 18.0 Å². The van der Waals surface area contributed by atoms with E-state index in [1.165, 1.54) is 5.56 Å². The first-order valence-corrected chi connectivity index (χ1v) is 5.59. The molecule has 0 unspecified atom stereocenters. The van der Waals surface area contributed by atoms with Crippen LogP contribution >= 0.6 is 0 Å². The van der Waals surface area contributed by atoms with Crippen molar-refractivity contribution in [3.8, 4) is 0 Å². The Labute approximate surface area is 113 Å². The second-order valence-electron chi connectivity index (χ2n) is 2.76. The summed E-state index contributed by atoms with van der Waals surface area (Å²) in [7, 11) is 0. The van der Waals surface area contributed by atoms with E-state index >= 15 is 0 Å². The Morgan fingerprint density at radius 1 is 1.31 bits per heavy atom. The fraction of sp³-hybridized carbons (Fsp3) is 0.462. The van der Waals surface area contributed by atoms with Crippen LogP contribution in [0.1, 0.15) is 45.9 Å². The predicted molar refractivity (Wildman–Crippen MR) is 69.0 cm³/mol. The maximum atomic E-state index is 4.32. The molecule has 0 aliphatic rings. The van der Waals surface area contributed by atoms with Gasteiger partial charge in [-0.25, -0.2) is 0 Å². The molecule has 1 aromatic rings. The molecule has 0 atom stereocenters. The summed E-state index contributed by atoms with van der Waals surface area (Å²) >= 11 is 0. The first-order chi connectivity index (χ1) is 7.33. The van der Waals surface area contributed by atoms with E-state index in [0.29, 0.717) is 0 Å². The van der Waals surface area contributed by atoms with Crippen LogP contribution in [-0.4, -0.2) is 6.21 Å². The summed E-state index contributed by atoms with van der Waals surface area (Å²) in [4.78, 5) is 8.61. The maximum Gasteiger partial charge on any atom is 0.0492 e. The molecular weight excluding hydrogens is 370 g/mol. The van der Waals surface area contributed by atoms with Crippen molar-refractivity contribution in [3.05, 3.63) is 23.5 Å². The number of aryl methyl sites for hydroxylation is 1. The van der Waals surface area contributed by atoms with Crippen LogP contribution in [0.3, 0.4) is 0 Å². The Bertz CT molecular complexity index is 325. The zero-order chi connectivity index (χ0) is 11.7. The molecule has 3 heteroatoms. The Kier molecular flexibility index (Phi) is 12.0. The number of hydrogen-bond acceptors (Lipinski definition) is 1. The molecule has 0 aromatic carbocycles. The molecule has 0 saturated heterocycles. The number of rotatable bonds is 3. The molecule has 1 radical (unpaired) electrons. The minimum absolute atomic E-state index is 0. The maximum absolute atomic E-state index is 4.32. The monoisotopic (exact) mass is 392 g/mol. The fourth-order valence-corrected chi connectivity index (χ4v) is 1.25. The van der Waals surface area contributed by atoms with Gasteiger partial charge in [-0.1, -0.05) is 32.9 Å². The number of allylic oxidation sites excluding steroid dienone is 1. The van der Waals surface area contributed by atoms with Crippen LogP contribution in [0.15, 0.2) is 17.3 Å². The Morgan fingerprint density at radius 3 is 2.38 bits per heavy atom. The second kappa shape index (κ2) is 10.9. The molecule has 1 aromatic heterocycles. The number of hydrogen-bond donors (Lipinski definition) is 0.